The van der Waals surface area contributed by atoms with Crippen LogP contribution in [-0.2, 0) is 6.54 Å². The molecule has 0 radical (unpaired) electrons. The van der Waals surface area contributed by atoms with Gasteiger partial charge in [-0.1, -0.05) is 24.3 Å². The highest BCUT2D eigenvalue weighted by Gasteiger charge is 2.16. The van der Waals surface area contributed by atoms with Crippen molar-refractivity contribution in [3.63, 3.8) is 0 Å². The standard InChI is InChI=1S/C26H20N8O/c35-26(25-23-5-4-20(11-24(23)32-33-25)21-12-28-29-13-21)31-22-14-30-34(16-22)15-17-2-1-3-19(10-17)18-6-8-27-9-7-18/h1-14,16H,15H2,(H,28,29)(H,31,35)(H,32,33). The normalized spacial score (nSPS) is 11.1. The van der Waals surface area contributed by atoms with Crippen molar-refractivity contribution in [2.75, 3.05) is 5.32 Å². The molecule has 0 bridgehead atoms. The number of nitrogens with one attached hydrogen (secondary N) is 3. The Labute approximate surface area is 199 Å². The maximum atomic E-state index is 12.9. The van der Waals surface area contributed by atoms with E-state index in [2.05, 4.69) is 54.0 Å². The van der Waals surface area contributed by atoms with Crippen molar-refractivity contribution < 1.29 is 4.79 Å². The SMILES string of the molecule is O=C(Nc1cnn(Cc2cccc(-c3ccncc3)c2)c1)c1n[nH]c2cc(-c3cn[nH]c3)ccc12. The molecule has 0 unspecified atom stereocenters. The van der Waals surface area contributed by atoms with Gasteiger partial charge in [0.1, 0.15) is 0 Å². The minimum absolute atomic E-state index is 0.299. The predicted octanol–water partition coefficient (Wildman–Crippen LogP) is 4.51. The number of carbonyl (C=O) groups is 1. The second kappa shape index (κ2) is 8.71. The zero-order valence-electron chi connectivity index (χ0n) is 18.5. The molecule has 0 saturated heterocycles. The number of amides is 1. The van der Waals surface area contributed by atoms with Gasteiger partial charge in [-0.3, -0.25) is 24.7 Å². The largest absolute Gasteiger partial charge is 0.318 e. The summed E-state index contributed by atoms with van der Waals surface area (Å²) in [5, 5.41) is 22.0. The van der Waals surface area contributed by atoms with E-state index in [-0.39, 0.29) is 5.91 Å². The van der Waals surface area contributed by atoms with Gasteiger partial charge in [-0.2, -0.15) is 15.3 Å². The summed E-state index contributed by atoms with van der Waals surface area (Å²) in [6, 6.07) is 18.0. The molecule has 0 atom stereocenters. The second-order valence-electron chi connectivity index (χ2n) is 8.14. The van der Waals surface area contributed by atoms with Crippen LogP contribution >= 0.6 is 0 Å². The predicted molar refractivity (Wildman–Crippen MR) is 133 cm³/mol. The van der Waals surface area contributed by atoms with Crippen molar-refractivity contribution >= 4 is 22.5 Å². The summed E-state index contributed by atoms with van der Waals surface area (Å²) in [6.45, 7) is 0.580. The first kappa shape index (κ1) is 20.5. The van der Waals surface area contributed by atoms with Crippen LogP contribution in [0.15, 0.2) is 91.8 Å². The smallest absolute Gasteiger partial charge is 0.276 e. The lowest BCUT2D eigenvalue weighted by Gasteiger charge is -2.06. The summed E-state index contributed by atoms with van der Waals surface area (Å²) in [6.07, 6.45) is 10.6. The first-order valence-corrected chi connectivity index (χ1v) is 11.0. The van der Waals surface area contributed by atoms with Gasteiger partial charge in [-0.15, -0.1) is 0 Å². The number of aromatic nitrogens is 7. The van der Waals surface area contributed by atoms with Crippen molar-refractivity contribution in [2.24, 2.45) is 0 Å². The minimum Gasteiger partial charge on any atom is -0.318 e. The van der Waals surface area contributed by atoms with E-state index < -0.39 is 0 Å². The van der Waals surface area contributed by atoms with Gasteiger partial charge in [-0.25, -0.2) is 0 Å². The fourth-order valence-corrected chi connectivity index (χ4v) is 4.07. The number of pyridine rings is 1. The zero-order chi connectivity index (χ0) is 23.6. The summed E-state index contributed by atoms with van der Waals surface area (Å²) in [5.74, 6) is -0.299. The number of aromatic amines is 2. The molecule has 0 aliphatic carbocycles. The van der Waals surface area contributed by atoms with Crippen molar-refractivity contribution in [3.8, 4) is 22.3 Å². The summed E-state index contributed by atoms with van der Waals surface area (Å²) in [5.41, 5.74) is 6.99. The lowest BCUT2D eigenvalue weighted by Crippen LogP contribution is -2.12. The van der Waals surface area contributed by atoms with Crippen LogP contribution < -0.4 is 5.32 Å². The number of nitrogens with zero attached hydrogens (tertiary/aromatic N) is 5. The van der Waals surface area contributed by atoms with Gasteiger partial charge in [-0.05, 0) is 52.6 Å². The van der Waals surface area contributed by atoms with Crippen LogP contribution in [0.1, 0.15) is 16.1 Å². The third-order valence-electron chi connectivity index (χ3n) is 5.79. The molecule has 0 saturated carbocycles. The van der Waals surface area contributed by atoms with Crippen LogP contribution in [0, 0.1) is 0 Å². The summed E-state index contributed by atoms with van der Waals surface area (Å²) < 4.78 is 1.79. The number of hydrogen-bond acceptors (Lipinski definition) is 5. The van der Waals surface area contributed by atoms with Crippen molar-refractivity contribution in [1.29, 1.82) is 0 Å². The highest BCUT2D eigenvalue weighted by atomic mass is 16.2. The van der Waals surface area contributed by atoms with Crippen LogP contribution in [0.5, 0.6) is 0 Å². The summed E-state index contributed by atoms with van der Waals surface area (Å²) >= 11 is 0. The molecule has 0 aliphatic heterocycles. The molecule has 9 nitrogen and oxygen atoms in total. The molecule has 170 valence electrons. The van der Waals surface area contributed by atoms with Crippen molar-refractivity contribution in [1.82, 2.24) is 35.2 Å². The Morgan fingerprint density at radius 3 is 2.69 bits per heavy atom. The first-order chi connectivity index (χ1) is 17.2. The summed E-state index contributed by atoms with van der Waals surface area (Å²) in [7, 11) is 0. The van der Waals surface area contributed by atoms with E-state index in [0.717, 1.165) is 38.7 Å². The van der Waals surface area contributed by atoms with E-state index in [4.69, 9.17) is 0 Å². The second-order valence-corrected chi connectivity index (χ2v) is 8.14. The number of rotatable bonds is 6. The molecule has 3 N–H and O–H groups in total. The fraction of sp³-hybridized carbons (Fsp3) is 0.0385. The molecule has 0 spiro atoms. The Morgan fingerprint density at radius 1 is 0.943 bits per heavy atom. The van der Waals surface area contributed by atoms with E-state index in [1.54, 1.807) is 29.5 Å². The van der Waals surface area contributed by atoms with E-state index in [1.165, 1.54) is 0 Å². The number of H-pyrrole nitrogens is 2. The van der Waals surface area contributed by atoms with E-state index in [9.17, 15) is 4.79 Å². The Hall–Kier alpha value is -5.05. The van der Waals surface area contributed by atoms with Crippen LogP contribution in [0.4, 0.5) is 5.69 Å². The average Bonchev–Trinajstić information content (AvgIpc) is 3.66. The molecule has 4 heterocycles. The third-order valence-corrected chi connectivity index (χ3v) is 5.79. The molecule has 1 amide bonds. The fourth-order valence-electron chi connectivity index (χ4n) is 4.07. The van der Waals surface area contributed by atoms with Crippen LogP contribution in [0.25, 0.3) is 33.2 Å². The minimum atomic E-state index is -0.299. The van der Waals surface area contributed by atoms with Gasteiger partial charge in [0.2, 0.25) is 0 Å². The molecule has 0 fully saturated rings. The molecule has 6 rings (SSSR count). The highest BCUT2D eigenvalue weighted by Crippen LogP contribution is 2.25. The molecule has 35 heavy (non-hydrogen) atoms. The van der Waals surface area contributed by atoms with E-state index in [0.29, 0.717) is 17.9 Å². The van der Waals surface area contributed by atoms with E-state index >= 15 is 0 Å². The van der Waals surface area contributed by atoms with Crippen LogP contribution in [-0.4, -0.2) is 41.1 Å². The maximum Gasteiger partial charge on any atom is 0.276 e. The molecule has 0 aliphatic rings. The number of anilines is 1. The first-order valence-electron chi connectivity index (χ1n) is 11.0. The quantitative estimate of drug-likeness (QED) is 0.338. The molecule has 2 aromatic carbocycles. The molecular formula is C26H20N8O. The van der Waals surface area contributed by atoms with Crippen LogP contribution in [0.3, 0.4) is 0 Å². The Morgan fingerprint density at radius 2 is 1.83 bits per heavy atom. The highest BCUT2D eigenvalue weighted by molar-refractivity contribution is 6.11. The van der Waals surface area contributed by atoms with Gasteiger partial charge in [0.25, 0.3) is 5.91 Å². The number of fused-ring (bicyclic) bond motifs is 1. The third kappa shape index (κ3) is 4.18. The van der Waals surface area contributed by atoms with E-state index in [1.807, 2.05) is 48.8 Å². The number of carbonyl (C=O) groups excluding carboxylic acids is 1. The topological polar surface area (TPSA) is 117 Å². The average molecular weight is 461 g/mol. The lowest BCUT2D eigenvalue weighted by atomic mass is 10.0. The van der Waals surface area contributed by atoms with Gasteiger partial charge in [0.05, 0.1) is 30.1 Å². The van der Waals surface area contributed by atoms with Crippen molar-refractivity contribution in [3.05, 3.63) is 103 Å². The van der Waals surface area contributed by atoms with Gasteiger partial charge in [0, 0.05) is 35.7 Å². The zero-order valence-corrected chi connectivity index (χ0v) is 18.5. The monoisotopic (exact) mass is 460 g/mol. The van der Waals surface area contributed by atoms with Gasteiger partial charge < -0.3 is 5.32 Å². The Balaban J connectivity index is 1.17. The molecule has 6 aromatic rings. The Bertz CT molecular complexity index is 1620. The number of benzene rings is 2. The number of hydrogen-bond donors (Lipinski definition) is 3. The molecular weight excluding hydrogens is 440 g/mol. The lowest BCUT2D eigenvalue weighted by molar-refractivity contribution is 0.102. The van der Waals surface area contributed by atoms with Crippen LogP contribution in [0.2, 0.25) is 0 Å². The molecule has 9 heteroatoms. The van der Waals surface area contributed by atoms with Crippen molar-refractivity contribution in [2.45, 2.75) is 6.54 Å². The van der Waals surface area contributed by atoms with Gasteiger partial charge in [0.15, 0.2) is 5.69 Å². The summed E-state index contributed by atoms with van der Waals surface area (Å²) in [4.78, 5) is 17.0. The molecule has 4 aromatic heterocycles. The maximum absolute atomic E-state index is 12.9. The van der Waals surface area contributed by atoms with Gasteiger partial charge >= 0.3 is 0 Å². The Kier molecular flexibility index (Phi) is 5.12.